The van der Waals surface area contributed by atoms with E-state index in [4.69, 9.17) is 4.74 Å². The van der Waals surface area contributed by atoms with Crippen LogP contribution in [0, 0.1) is 11.6 Å². The molecule has 192 valence electrons. The Morgan fingerprint density at radius 3 is 2.81 bits per heavy atom. The lowest BCUT2D eigenvalue weighted by atomic mass is 9.91. The Balaban J connectivity index is 1.25. The highest BCUT2D eigenvalue weighted by Gasteiger charge is 2.25. The van der Waals surface area contributed by atoms with Crippen molar-refractivity contribution in [2.75, 3.05) is 11.9 Å². The van der Waals surface area contributed by atoms with Crippen LogP contribution in [0.5, 0.6) is 0 Å². The SMILES string of the molecule is CCOCc1ccc(C(=O)N[C@@H]2CCC[C@H](Nc3nc(-c4c[nH]c5ncc(F)cc45)ncc3F)C2)nc1. The monoisotopic (exact) mass is 507 g/mol. The average molecular weight is 508 g/mol. The quantitative estimate of drug-likeness (QED) is 0.324. The summed E-state index contributed by atoms with van der Waals surface area (Å²) in [6, 6.07) is 4.67. The topological polar surface area (TPSA) is 118 Å². The highest BCUT2D eigenvalue weighted by molar-refractivity contribution is 5.92. The van der Waals surface area contributed by atoms with Gasteiger partial charge in [-0.3, -0.25) is 9.78 Å². The largest absolute Gasteiger partial charge is 0.377 e. The molecule has 0 bridgehead atoms. The lowest BCUT2D eigenvalue weighted by Crippen LogP contribution is -2.42. The van der Waals surface area contributed by atoms with Crippen LogP contribution in [-0.2, 0) is 11.3 Å². The van der Waals surface area contributed by atoms with Crippen molar-refractivity contribution in [2.45, 2.75) is 51.3 Å². The molecule has 0 spiro atoms. The summed E-state index contributed by atoms with van der Waals surface area (Å²) in [6.45, 7) is 2.99. The van der Waals surface area contributed by atoms with Crippen molar-refractivity contribution in [3.8, 4) is 11.4 Å². The van der Waals surface area contributed by atoms with Crippen LogP contribution in [0.15, 0.2) is 43.0 Å². The van der Waals surface area contributed by atoms with Crippen LogP contribution in [-0.4, -0.2) is 49.5 Å². The van der Waals surface area contributed by atoms with Crippen LogP contribution in [0.3, 0.4) is 0 Å². The number of hydrogen-bond acceptors (Lipinski definition) is 7. The van der Waals surface area contributed by atoms with E-state index in [-0.39, 0.29) is 29.6 Å². The number of nitrogens with one attached hydrogen (secondary N) is 3. The molecule has 9 nitrogen and oxygen atoms in total. The zero-order valence-electron chi connectivity index (χ0n) is 20.3. The van der Waals surface area contributed by atoms with Gasteiger partial charge in [-0.2, -0.15) is 0 Å². The minimum Gasteiger partial charge on any atom is -0.377 e. The maximum atomic E-state index is 14.6. The fraction of sp³-hybridized carbons (Fsp3) is 0.346. The number of halogens is 2. The highest BCUT2D eigenvalue weighted by Crippen LogP contribution is 2.28. The van der Waals surface area contributed by atoms with Gasteiger partial charge in [0.1, 0.15) is 17.2 Å². The highest BCUT2D eigenvalue weighted by atomic mass is 19.1. The Kier molecular flexibility index (Phi) is 7.31. The molecule has 1 fully saturated rings. The van der Waals surface area contributed by atoms with Crippen LogP contribution >= 0.6 is 0 Å². The Labute approximate surface area is 212 Å². The normalized spacial score (nSPS) is 17.6. The average Bonchev–Trinajstić information content (AvgIpc) is 3.32. The maximum Gasteiger partial charge on any atom is 0.270 e. The van der Waals surface area contributed by atoms with Crippen molar-refractivity contribution in [1.82, 2.24) is 30.2 Å². The van der Waals surface area contributed by atoms with Crippen LogP contribution in [0.4, 0.5) is 14.6 Å². The van der Waals surface area contributed by atoms with Gasteiger partial charge in [0.15, 0.2) is 17.5 Å². The van der Waals surface area contributed by atoms with E-state index in [1.165, 1.54) is 6.07 Å². The number of carbonyl (C=O) groups is 1. The van der Waals surface area contributed by atoms with Gasteiger partial charge in [-0.25, -0.2) is 23.7 Å². The van der Waals surface area contributed by atoms with E-state index in [1.807, 2.05) is 13.0 Å². The van der Waals surface area contributed by atoms with Crippen LogP contribution < -0.4 is 10.6 Å². The summed E-state index contributed by atoms with van der Waals surface area (Å²) in [6.07, 6.45) is 8.56. The number of fused-ring (bicyclic) bond motifs is 1. The third-order valence-electron chi connectivity index (χ3n) is 6.36. The lowest BCUT2D eigenvalue weighted by Gasteiger charge is -2.30. The van der Waals surface area contributed by atoms with Gasteiger partial charge in [0.05, 0.1) is 19.0 Å². The second-order valence-electron chi connectivity index (χ2n) is 9.01. The fourth-order valence-electron chi connectivity index (χ4n) is 4.53. The van der Waals surface area contributed by atoms with Gasteiger partial charge in [0, 0.05) is 42.0 Å². The van der Waals surface area contributed by atoms with E-state index in [1.54, 1.807) is 18.5 Å². The van der Waals surface area contributed by atoms with Crippen molar-refractivity contribution in [3.05, 3.63) is 65.9 Å². The molecule has 0 aromatic carbocycles. The zero-order chi connectivity index (χ0) is 25.8. The minimum atomic E-state index is -0.588. The summed E-state index contributed by atoms with van der Waals surface area (Å²) in [5, 5.41) is 6.73. The summed E-state index contributed by atoms with van der Waals surface area (Å²) in [7, 11) is 0. The molecule has 0 saturated heterocycles. The van der Waals surface area contributed by atoms with Crippen LogP contribution in [0.2, 0.25) is 0 Å². The third kappa shape index (κ3) is 5.72. The first-order valence-corrected chi connectivity index (χ1v) is 12.3. The number of hydrogen-bond donors (Lipinski definition) is 3. The molecule has 5 rings (SSSR count). The predicted octanol–water partition coefficient (Wildman–Crippen LogP) is 4.38. The smallest absolute Gasteiger partial charge is 0.270 e. The summed E-state index contributed by atoms with van der Waals surface area (Å²) in [4.78, 5) is 32.4. The number of carbonyl (C=O) groups excluding carboxylic acids is 1. The summed E-state index contributed by atoms with van der Waals surface area (Å²) in [5.74, 6) is -1.00. The van der Waals surface area contributed by atoms with Gasteiger partial charge in [0.25, 0.3) is 5.91 Å². The number of pyridine rings is 2. The van der Waals surface area contributed by atoms with Crippen molar-refractivity contribution in [1.29, 1.82) is 0 Å². The molecule has 37 heavy (non-hydrogen) atoms. The number of ether oxygens (including phenoxy) is 1. The van der Waals surface area contributed by atoms with Gasteiger partial charge in [-0.1, -0.05) is 6.07 Å². The first kappa shape index (κ1) is 24.7. The summed E-state index contributed by atoms with van der Waals surface area (Å²) < 4.78 is 33.7. The Morgan fingerprint density at radius 2 is 2.00 bits per heavy atom. The van der Waals surface area contributed by atoms with E-state index >= 15 is 0 Å². The molecule has 0 aliphatic heterocycles. The minimum absolute atomic E-state index is 0.0623. The predicted molar refractivity (Wildman–Crippen MR) is 134 cm³/mol. The maximum absolute atomic E-state index is 14.6. The third-order valence-corrected chi connectivity index (χ3v) is 6.36. The van der Waals surface area contributed by atoms with E-state index in [0.29, 0.717) is 41.9 Å². The van der Waals surface area contributed by atoms with E-state index in [2.05, 4.69) is 35.6 Å². The molecular formula is C26H27F2N7O2. The number of H-pyrrole nitrogens is 1. The van der Waals surface area contributed by atoms with E-state index in [0.717, 1.165) is 37.2 Å². The van der Waals surface area contributed by atoms with Gasteiger partial charge in [-0.15, -0.1) is 0 Å². The van der Waals surface area contributed by atoms with Gasteiger partial charge >= 0.3 is 0 Å². The summed E-state index contributed by atoms with van der Waals surface area (Å²) in [5.41, 5.74) is 2.26. The van der Waals surface area contributed by atoms with Gasteiger partial charge < -0.3 is 20.4 Å². The number of nitrogens with zero attached hydrogens (tertiary/aromatic N) is 4. The molecule has 0 unspecified atom stereocenters. The van der Waals surface area contributed by atoms with Crippen LogP contribution in [0.25, 0.3) is 22.4 Å². The van der Waals surface area contributed by atoms with Crippen molar-refractivity contribution < 1.29 is 18.3 Å². The molecule has 1 saturated carbocycles. The summed E-state index contributed by atoms with van der Waals surface area (Å²) >= 11 is 0. The van der Waals surface area contributed by atoms with Gasteiger partial charge in [0.2, 0.25) is 0 Å². The molecule has 1 amide bonds. The van der Waals surface area contributed by atoms with Gasteiger partial charge in [-0.05, 0) is 50.3 Å². The van der Waals surface area contributed by atoms with Crippen LogP contribution in [0.1, 0.15) is 48.7 Å². The van der Waals surface area contributed by atoms with Crippen molar-refractivity contribution in [2.24, 2.45) is 0 Å². The molecular weight excluding hydrogens is 480 g/mol. The molecule has 11 heteroatoms. The molecule has 4 aromatic rings. The number of amides is 1. The molecule has 4 heterocycles. The molecule has 1 aliphatic rings. The standard InChI is InChI=1S/C26H27F2N7O2/c1-2-37-14-15-6-7-22(29-10-15)26(36)34-18-5-3-4-17(9-18)33-25-21(28)13-32-24(35-25)20-12-31-23-19(20)8-16(27)11-30-23/h6-8,10-13,17-18H,2-5,9,14H2,1H3,(H,30,31)(H,34,36)(H,32,33,35)/t17-,18+/m0/s1. The number of aromatic nitrogens is 5. The first-order chi connectivity index (χ1) is 18.0. The molecule has 3 N–H and O–H groups in total. The number of rotatable bonds is 8. The number of anilines is 1. The Morgan fingerprint density at radius 1 is 1.14 bits per heavy atom. The lowest BCUT2D eigenvalue weighted by molar-refractivity contribution is 0.0921. The molecule has 2 atom stereocenters. The Bertz CT molecular complexity index is 1390. The molecule has 4 aromatic heterocycles. The fourth-order valence-corrected chi connectivity index (χ4v) is 4.53. The zero-order valence-corrected chi connectivity index (χ0v) is 20.3. The molecule has 1 aliphatic carbocycles. The van der Waals surface area contributed by atoms with E-state index in [9.17, 15) is 13.6 Å². The Hall–Kier alpha value is -3.99. The van der Waals surface area contributed by atoms with E-state index < -0.39 is 11.6 Å². The first-order valence-electron chi connectivity index (χ1n) is 12.3. The second kappa shape index (κ2) is 11.0. The van der Waals surface area contributed by atoms with Crippen molar-refractivity contribution >= 4 is 22.8 Å². The number of aromatic amines is 1. The van der Waals surface area contributed by atoms with Crippen molar-refractivity contribution in [3.63, 3.8) is 0 Å². The molecule has 0 radical (unpaired) electrons. The second-order valence-corrected chi connectivity index (χ2v) is 9.01.